The number of nitrogens with one attached hydrogen (secondary N) is 2. The molecule has 0 amide bonds. The molecule has 1 aromatic carbocycles. The van der Waals surface area contributed by atoms with Crippen LogP contribution in [-0.2, 0) is 4.79 Å². The first-order valence-corrected chi connectivity index (χ1v) is 9.70. The van der Waals surface area contributed by atoms with E-state index in [9.17, 15) is 14.9 Å². The molecule has 140 valence electrons. The maximum absolute atomic E-state index is 13.6. The Kier molecular flexibility index (Phi) is 3.80. The van der Waals surface area contributed by atoms with Crippen molar-refractivity contribution in [3.8, 4) is 0 Å². The Morgan fingerprint density at radius 2 is 1.46 bits per heavy atom. The van der Waals surface area contributed by atoms with E-state index in [0.29, 0.717) is 17.6 Å². The second-order valence-corrected chi connectivity index (χ2v) is 9.22. The van der Waals surface area contributed by atoms with Crippen LogP contribution in [-0.4, -0.2) is 36.9 Å². The number of hydrogen-bond acceptors (Lipinski definition) is 3. The molecule has 6 heteroatoms. The van der Waals surface area contributed by atoms with Gasteiger partial charge < -0.3 is 0 Å². The van der Waals surface area contributed by atoms with Crippen molar-refractivity contribution in [3.05, 3.63) is 39.9 Å². The van der Waals surface area contributed by atoms with Gasteiger partial charge in [0.15, 0.2) is 5.78 Å². The monoisotopic (exact) mass is 359 g/mol. The molecule has 4 aliphatic heterocycles. The smallest absolute Gasteiger partial charge is 0.285 e. The molecule has 0 spiro atoms. The van der Waals surface area contributed by atoms with Crippen molar-refractivity contribution in [2.45, 2.75) is 33.9 Å². The van der Waals surface area contributed by atoms with Crippen molar-refractivity contribution in [1.29, 1.82) is 0 Å². The molecule has 0 saturated carbocycles. The van der Waals surface area contributed by atoms with E-state index in [1.165, 1.54) is 9.80 Å². The molecule has 0 aliphatic carbocycles. The van der Waals surface area contributed by atoms with E-state index in [4.69, 9.17) is 0 Å². The summed E-state index contributed by atoms with van der Waals surface area (Å²) in [7, 11) is 0. The average Bonchev–Trinajstić information content (AvgIpc) is 2.58. The summed E-state index contributed by atoms with van der Waals surface area (Å²) in [4.78, 5) is 27.6. The number of carbonyl (C=O) groups excluding carboxylic acids is 1. The van der Waals surface area contributed by atoms with Crippen LogP contribution in [0.3, 0.4) is 0 Å². The van der Waals surface area contributed by atoms with Gasteiger partial charge in [-0.1, -0.05) is 39.8 Å². The molecule has 0 atom stereocenters. The van der Waals surface area contributed by atoms with Crippen LogP contribution in [0, 0.1) is 32.8 Å². The Balaban J connectivity index is 1.82. The number of nitro benzene ring substituents is 1. The van der Waals surface area contributed by atoms with E-state index in [-0.39, 0.29) is 27.6 Å². The summed E-state index contributed by atoms with van der Waals surface area (Å²) in [6.07, 6.45) is 0.0587. The lowest BCUT2D eigenvalue weighted by Gasteiger charge is -2.62. The molecule has 0 radical (unpaired) electrons. The van der Waals surface area contributed by atoms with Crippen LogP contribution in [0.15, 0.2) is 24.3 Å². The number of para-hydroxylation sites is 1. The van der Waals surface area contributed by atoms with Crippen LogP contribution in [0.4, 0.5) is 5.69 Å². The second-order valence-electron chi connectivity index (χ2n) is 9.22. The zero-order valence-electron chi connectivity index (χ0n) is 16.0. The summed E-state index contributed by atoms with van der Waals surface area (Å²) in [5, 5.41) is 11.6. The number of nitro groups is 1. The first-order valence-electron chi connectivity index (χ1n) is 9.70. The number of ketones is 1. The van der Waals surface area contributed by atoms with Crippen LogP contribution < -0.4 is 9.80 Å². The summed E-state index contributed by atoms with van der Waals surface area (Å²) >= 11 is 0. The number of hydrogen-bond donors (Lipinski definition) is 2. The Morgan fingerprint density at radius 3 is 1.88 bits per heavy atom. The third-order valence-electron chi connectivity index (χ3n) is 7.55. The first-order chi connectivity index (χ1) is 12.2. The van der Waals surface area contributed by atoms with E-state index < -0.39 is 0 Å². The zero-order chi connectivity index (χ0) is 18.9. The van der Waals surface area contributed by atoms with Crippen LogP contribution >= 0.6 is 0 Å². The number of piperidine rings is 2. The van der Waals surface area contributed by atoms with Crippen molar-refractivity contribution < 1.29 is 19.5 Å². The van der Waals surface area contributed by atoms with Crippen LogP contribution in [0.2, 0.25) is 0 Å². The number of carbonyl (C=O) groups is 1. The summed E-state index contributed by atoms with van der Waals surface area (Å²) in [5.74, 6) is 1.05. The molecule has 4 heterocycles. The molecule has 26 heavy (non-hydrogen) atoms. The number of rotatable bonds is 4. The highest BCUT2D eigenvalue weighted by Gasteiger charge is 2.73. The standard InChI is InChI=1S/C20H27N3O3/c1-13(2)19-9-21-11-20(14(3)4,18(19)24)12-22(10-19)17(21)15-7-5-6-8-16(15)23(25)26/h5-8,13-14,17H,9-12H2,1-4H3/p+2. The number of Topliss-reactive ketones (excluding diaryl/α,β-unsaturated/α-hetero) is 1. The summed E-state index contributed by atoms with van der Waals surface area (Å²) < 4.78 is 0. The third-order valence-corrected chi connectivity index (χ3v) is 7.55. The lowest BCUT2D eigenvalue weighted by atomic mass is 9.53. The lowest BCUT2D eigenvalue weighted by Crippen LogP contribution is -3.41. The van der Waals surface area contributed by atoms with Gasteiger partial charge in [-0.2, -0.15) is 0 Å². The second kappa shape index (κ2) is 5.60. The van der Waals surface area contributed by atoms with E-state index >= 15 is 0 Å². The van der Waals surface area contributed by atoms with Gasteiger partial charge in [0.25, 0.3) is 5.69 Å². The molecule has 5 rings (SSSR count). The highest BCUT2D eigenvalue weighted by Crippen LogP contribution is 2.45. The molecule has 4 bridgehead atoms. The van der Waals surface area contributed by atoms with Crippen LogP contribution in [0.25, 0.3) is 0 Å². The Bertz CT molecular complexity index is 727. The topological polar surface area (TPSA) is 69.1 Å². The highest BCUT2D eigenvalue weighted by molar-refractivity contribution is 5.92. The van der Waals surface area contributed by atoms with E-state index in [0.717, 1.165) is 31.7 Å². The minimum Gasteiger partial charge on any atom is -0.297 e. The third kappa shape index (κ3) is 2.09. The molecule has 6 nitrogen and oxygen atoms in total. The fourth-order valence-corrected chi connectivity index (χ4v) is 6.06. The van der Waals surface area contributed by atoms with Gasteiger partial charge >= 0.3 is 0 Å². The Morgan fingerprint density at radius 1 is 1.00 bits per heavy atom. The summed E-state index contributed by atoms with van der Waals surface area (Å²) in [6.45, 7) is 11.9. The number of quaternary nitrogens is 2. The van der Waals surface area contributed by atoms with Gasteiger partial charge in [0.1, 0.15) is 42.6 Å². The van der Waals surface area contributed by atoms with Crippen molar-refractivity contribution in [1.82, 2.24) is 0 Å². The van der Waals surface area contributed by atoms with Crippen molar-refractivity contribution in [2.75, 3.05) is 26.2 Å². The molecule has 4 fully saturated rings. The predicted octanol–water partition coefficient (Wildman–Crippen LogP) is 0.258. The predicted molar refractivity (Wildman–Crippen MR) is 96.8 cm³/mol. The van der Waals surface area contributed by atoms with Gasteiger partial charge in [0, 0.05) is 6.07 Å². The molecular formula is C20H29N3O3+2. The quantitative estimate of drug-likeness (QED) is 0.598. The maximum atomic E-state index is 13.6. The van der Waals surface area contributed by atoms with Gasteiger partial charge in [-0.25, -0.2) is 0 Å². The lowest BCUT2D eigenvalue weighted by molar-refractivity contribution is -1.18. The Hall–Kier alpha value is -1.79. The van der Waals surface area contributed by atoms with Gasteiger partial charge in [-0.05, 0) is 17.9 Å². The van der Waals surface area contributed by atoms with Crippen molar-refractivity contribution in [3.63, 3.8) is 0 Å². The largest absolute Gasteiger partial charge is 0.297 e. The molecule has 4 saturated heterocycles. The SMILES string of the molecule is CC(C)C12C[NH+]3CC(C(C)C)(C[NH+](C1)C3c1ccccc1[N+](=O)[O-])C2=O. The molecule has 1 aromatic rings. The molecule has 0 aromatic heterocycles. The first kappa shape index (κ1) is 17.6. The zero-order valence-corrected chi connectivity index (χ0v) is 16.0. The van der Waals surface area contributed by atoms with Gasteiger partial charge in [-0.3, -0.25) is 24.7 Å². The number of nitrogens with zero attached hydrogens (tertiary/aromatic N) is 1. The molecule has 2 N–H and O–H groups in total. The highest BCUT2D eigenvalue weighted by atomic mass is 16.6. The number of benzene rings is 1. The van der Waals surface area contributed by atoms with E-state index in [1.807, 2.05) is 12.1 Å². The van der Waals surface area contributed by atoms with Gasteiger partial charge in [-0.15, -0.1) is 0 Å². The van der Waals surface area contributed by atoms with Crippen LogP contribution in [0.5, 0.6) is 0 Å². The summed E-state index contributed by atoms with van der Waals surface area (Å²) in [6, 6.07) is 7.16. The average molecular weight is 359 g/mol. The molecule has 0 unspecified atom stereocenters. The van der Waals surface area contributed by atoms with Crippen LogP contribution in [0.1, 0.15) is 39.4 Å². The van der Waals surface area contributed by atoms with E-state index in [1.54, 1.807) is 12.1 Å². The summed E-state index contributed by atoms with van der Waals surface area (Å²) in [5.41, 5.74) is 0.469. The molecule has 4 aliphatic rings. The fourth-order valence-electron chi connectivity index (χ4n) is 6.06. The van der Waals surface area contributed by atoms with Gasteiger partial charge in [0.2, 0.25) is 6.17 Å². The normalized spacial score (nSPS) is 38.4. The van der Waals surface area contributed by atoms with E-state index in [2.05, 4.69) is 27.7 Å². The minimum atomic E-state index is -0.286. The van der Waals surface area contributed by atoms with Gasteiger partial charge in [0.05, 0.1) is 4.92 Å². The Labute approximate surface area is 154 Å². The fraction of sp³-hybridized carbons (Fsp3) is 0.650. The van der Waals surface area contributed by atoms with Crippen molar-refractivity contribution in [2.24, 2.45) is 22.7 Å². The minimum absolute atomic E-state index is 0.0587. The maximum Gasteiger partial charge on any atom is 0.285 e. The molecular weight excluding hydrogens is 330 g/mol. The van der Waals surface area contributed by atoms with Crippen molar-refractivity contribution >= 4 is 11.5 Å².